The number of halogens is 2. The average molecular weight is 247 g/mol. The van der Waals surface area contributed by atoms with Crippen LogP contribution in [0.25, 0.3) is 0 Å². The number of hydrogen-bond acceptors (Lipinski definition) is 2. The zero-order valence-electron chi connectivity index (χ0n) is 9.41. The van der Waals surface area contributed by atoms with Crippen molar-refractivity contribution in [3.05, 3.63) is 34.6 Å². The Hall–Kier alpha value is -0.640. The molecular formula is C12H16ClFO2. The molecule has 0 saturated carbocycles. The Morgan fingerprint density at radius 2 is 2.12 bits per heavy atom. The Labute approximate surface area is 100.0 Å². The number of aliphatic hydroxyl groups excluding tert-OH is 1. The van der Waals surface area contributed by atoms with E-state index >= 15 is 0 Å². The number of aliphatic hydroxyl groups is 1. The first-order valence-electron chi connectivity index (χ1n) is 5.22. The molecule has 1 atom stereocenters. The van der Waals surface area contributed by atoms with Crippen LogP contribution >= 0.6 is 11.6 Å². The van der Waals surface area contributed by atoms with Gasteiger partial charge in [-0.1, -0.05) is 17.7 Å². The summed E-state index contributed by atoms with van der Waals surface area (Å²) < 4.78 is 18.0. The van der Waals surface area contributed by atoms with E-state index in [-0.39, 0.29) is 18.5 Å². The highest BCUT2D eigenvalue weighted by atomic mass is 35.5. The molecule has 4 heteroatoms. The first-order chi connectivity index (χ1) is 7.49. The second-order valence-corrected chi connectivity index (χ2v) is 4.38. The molecule has 0 aliphatic heterocycles. The molecule has 0 saturated heterocycles. The van der Waals surface area contributed by atoms with E-state index in [1.165, 1.54) is 12.1 Å². The highest BCUT2D eigenvalue weighted by molar-refractivity contribution is 6.31. The molecule has 1 aromatic rings. The second-order valence-electron chi connectivity index (χ2n) is 3.98. The van der Waals surface area contributed by atoms with E-state index in [1.54, 1.807) is 6.07 Å². The summed E-state index contributed by atoms with van der Waals surface area (Å²) in [6, 6.07) is 4.15. The molecule has 1 unspecified atom stereocenters. The van der Waals surface area contributed by atoms with Crippen molar-refractivity contribution in [1.82, 2.24) is 0 Å². The Balaban J connectivity index is 2.52. The molecule has 0 spiro atoms. The minimum absolute atomic E-state index is 0.0818. The Bertz CT molecular complexity index is 342. The van der Waals surface area contributed by atoms with E-state index in [1.807, 2.05) is 13.8 Å². The van der Waals surface area contributed by atoms with Gasteiger partial charge in [0, 0.05) is 11.4 Å². The molecule has 1 rings (SSSR count). The molecule has 0 bridgehead atoms. The monoisotopic (exact) mass is 246 g/mol. The first kappa shape index (κ1) is 13.4. The molecule has 0 radical (unpaired) electrons. The first-order valence-corrected chi connectivity index (χ1v) is 5.60. The molecule has 0 fully saturated rings. The van der Waals surface area contributed by atoms with Crippen molar-refractivity contribution in [2.75, 3.05) is 6.61 Å². The van der Waals surface area contributed by atoms with Crippen LogP contribution in [-0.2, 0) is 11.2 Å². The SMILES string of the molecule is CC(C)OCC(O)Cc1ccc(F)cc1Cl. The summed E-state index contributed by atoms with van der Waals surface area (Å²) in [6.07, 6.45) is -0.171. The van der Waals surface area contributed by atoms with E-state index < -0.39 is 6.10 Å². The van der Waals surface area contributed by atoms with Crippen LogP contribution in [0.3, 0.4) is 0 Å². The minimum atomic E-state index is -0.620. The molecule has 90 valence electrons. The number of hydrogen-bond donors (Lipinski definition) is 1. The van der Waals surface area contributed by atoms with E-state index in [0.717, 1.165) is 5.56 Å². The number of rotatable bonds is 5. The summed E-state index contributed by atoms with van der Waals surface area (Å²) in [6.45, 7) is 4.06. The molecule has 0 heterocycles. The van der Waals surface area contributed by atoms with Crippen LogP contribution in [0.2, 0.25) is 5.02 Å². The summed E-state index contributed by atoms with van der Waals surface area (Å²) >= 11 is 5.84. The van der Waals surface area contributed by atoms with Gasteiger partial charge in [0.25, 0.3) is 0 Å². The van der Waals surface area contributed by atoms with E-state index in [9.17, 15) is 9.50 Å². The van der Waals surface area contributed by atoms with Gasteiger partial charge in [-0.2, -0.15) is 0 Å². The third-order valence-electron chi connectivity index (χ3n) is 2.09. The maximum Gasteiger partial charge on any atom is 0.124 e. The van der Waals surface area contributed by atoms with Crippen molar-refractivity contribution in [2.24, 2.45) is 0 Å². The smallest absolute Gasteiger partial charge is 0.124 e. The van der Waals surface area contributed by atoms with Gasteiger partial charge in [0.1, 0.15) is 5.82 Å². The molecule has 1 aromatic carbocycles. The van der Waals surface area contributed by atoms with E-state index in [4.69, 9.17) is 16.3 Å². The summed E-state index contributed by atoms with van der Waals surface area (Å²) in [5.41, 5.74) is 0.725. The summed E-state index contributed by atoms with van der Waals surface area (Å²) in [7, 11) is 0. The zero-order valence-corrected chi connectivity index (χ0v) is 10.2. The van der Waals surface area contributed by atoms with Crippen LogP contribution < -0.4 is 0 Å². The van der Waals surface area contributed by atoms with Crippen LogP contribution in [0.15, 0.2) is 18.2 Å². The molecule has 0 amide bonds. The third-order valence-corrected chi connectivity index (χ3v) is 2.44. The van der Waals surface area contributed by atoms with Gasteiger partial charge in [0.05, 0.1) is 18.8 Å². The lowest BCUT2D eigenvalue weighted by Gasteiger charge is -2.14. The van der Waals surface area contributed by atoms with Gasteiger partial charge in [0.2, 0.25) is 0 Å². The minimum Gasteiger partial charge on any atom is -0.390 e. The zero-order chi connectivity index (χ0) is 12.1. The van der Waals surface area contributed by atoms with Crippen molar-refractivity contribution < 1.29 is 14.2 Å². The van der Waals surface area contributed by atoms with Crippen LogP contribution in [-0.4, -0.2) is 23.9 Å². The molecular weight excluding hydrogens is 231 g/mol. The highest BCUT2D eigenvalue weighted by Gasteiger charge is 2.10. The van der Waals surface area contributed by atoms with Gasteiger partial charge in [-0.15, -0.1) is 0 Å². The van der Waals surface area contributed by atoms with Crippen LogP contribution in [0.5, 0.6) is 0 Å². The highest BCUT2D eigenvalue weighted by Crippen LogP contribution is 2.18. The van der Waals surface area contributed by atoms with Crippen molar-refractivity contribution in [2.45, 2.75) is 32.5 Å². The molecule has 0 aromatic heterocycles. The van der Waals surface area contributed by atoms with Crippen LogP contribution in [0, 0.1) is 5.82 Å². The van der Waals surface area contributed by atoms with Crippen molar-refractivity contribution in [3.63, 3.8) is 0 Å². The largest absolute Gasteiger partial charge is 0.390 e. The maximum atomic E-state index is 12.8. The van der Waals surface area contributed by atoms with Crippen LogP contribution in [0.1, 0.15) is 19.4 Å². The lowest BCUT2D eigenvalue weighted by molar-refractivity contribution is 0.00621. The van der Waals surface area contributed by atoms with E-state index in [0.29, 0.717) is 11.4 Å². The fourth-order valence-corrected chi connectivity index (χ4v) is 1.55. The van der Waals surface area contributed by atoms with Gasteiger partial charge in [-0.25, -0.2) is 4.39 Å². The molecule has 16 heavy (non-hydrogen) atoms. The standard InChI is InChI=1S/C12H16ClFO2/c1-8(2)16-7-11(15)5-9-3-4-10(14)6-12(9)13/h3-4,6,8,11,15H,5,7H2,1-2H3. The molecule has 2 nitrogen and oxygen atoms in total. The molecule has 0 aliphatic carbocycles. The predicted octanol–water partition coefficient (Wildman–Crippen LogP) is 2.81. The van der Waals surface area contributed by atoms with E-state index in [2.05, 4.69) is 0 Å². The molecule has 0 aliphatic rings. The van der Waals surface area contributed by atoms with Gasteiger partial charge >= 0.3 is 0 Å². The average Bonchev–Trinajstić information content (AvgIpc) is 2.19. The lowest BCUT2D eigenvalue weighted by Crippen LogP contribution is -2.20. The Morgan fingerprint density at radius 3 is 2.69 bits per heavy atom. The topological polar surface area (TPSA) is 29.5 Å². The Morgan fingerprint density at radius 1 is 1.44 bits per heavy atom. The fourth-order valence-electron chi connectivity index (χ4n) is 1.30. The van der Waals surface area contributed by atoms with Crippen LogP contribution in [0.4, 0.5) is 4.39 Å². The quantitative estimate of drug-likeness (QED) is 0.866. The number of ether oxygens (including phenoxy) is 1. The van der Waals surface area contributed by atoms with Crippen molar-refractivity contribution >= 4 is 11.6 Å². The van der Waals surface area contributed by atoms with Gasteiger partial charge in [-0.05, 0) is 31.5 Å². The summed E-state index contributed by atoms with van der Waals surface area (Å²) in [4.78, 5) is 0. The third kappa shape index (κ3) is 4.47. The predicted molar refractivity (Wildman–Crippen MR) is 62.2 cm³/mol. The Kier molecular flexibility index (Phi) is 5.19. The second kappa shape index (κ2) is 6.18. The van der Waals surface area contributed by atoms with Gasteiger partial charge in [-0.3, -0.25) is 0 Å². The molecule has 1 N–H and O–H groups in total. The number of benzene rings is 1. The van der Waals surface area contributed by atoms with Gasteiger partial charge < -0.3 is 9.84 Å². The van der Waals surface area contributed by atoms with Gasteiger partial charge in [0.15, 0.2) is 0 Å². The van der Waals surface area contributed by atoms with Crippen molar-refractivity contribution in [1.29, 1.82) is 0 Å². The normalized spacial score (nSPS) is 13.1. The lowest BCUT2D eigenvalue weighted by atomic mass is 10.1. The maximum absolute atomic E-state index is 12.8. The fraction of sp³-hybridized carbons (Fsp3) is 0.500. The van der Waals surface area contributed by atoms with Crippen molar-refractivity contribution in [3.8, 4) is 0 Å². The summed E-state index contributed by atoms with van der Waals surface area (Å²) in [5.74, 6) is -0.373. The summed E-state index contributed by atoms with van der Waals surface area (Å²) in [5, 5.41) is 10.0.